The van der Waals surface area contributed by atoms with Crippen LogP contribution in [0.3, 0.4) is 0 Å². The van der Waals surface area contributed by atoms with Crippen molar-refractivity contribution >= 4 is 0 Å². The summed E-state index contributed by atoms with van der Waals surface area (Å²) in [5.41, 5.74) is 0.792. The highest BCUT2D eigenvalue weighted by Gasteiger charge is 2.42. The molecule has 0 unspecified atom stereocenters. The normalized spacial score (nSPS) is 27.0. The standard InChI is InChI=1S/C9H17N.FH/c1-2-9(4-5-9)8-10-6-3-7-10;/h2-8H2,1H3;1H. The first kappa shape index (κ1) is 8.98. The first-order valence-electron chi connectivity index (χ1n) is 4.57. The van der Waals surface area contributed by atoms with Crippen molar-refractivity contribution in [1.29, 1.82) is 0 Å². The van der Waals surface area contributed by atoms with E-state index in [1.54, 1.807) is 0 Å². The Morgan fingerprint density at radius 2 is 1.91 bits per heavy atom. The second-order valence-corrected chi connectivity index (χ2v) is 3.98. The van der Waals surface area contributed by atoms with E-state index in [0.717, 1.165) is 5.41 Å². The fourth-order valence-corrected chi connectivity index (χ4v) is 1.81. The smallest absolute Gasteiger partial charge is 0.00379 e. The van der Waals surface area contributed by atoms with Crippen LogP contribution in [0.15, 0.2) is 0 Å². The van der Waals surface area contributed by atoms with Crippen LogP contribution in [-0.2, 0) is 0 Å². The summed E-state index contributed by atoms with van der Waals surface area (Å²) >= 11 is 0. The SMILES string of the molecule is CCC1(CN2CCC2)CC1.F. The molecule has 0 bridgehead atoms. The number of nitrogens with zero attached hydrogens (tertiary/aromatic N) is 1. The minimum absolute atomic E-state index is 0. The summed E-state index contributed by atoms with van der Waals surface area (Å²) in [7, 11) is 0. The van der Waals surface area contributed by atoms with Gasteiger partial charge in [0.1, 0.15) is 0 Å². The summed E-state index contributed by atoms with van der Waals surface area (Å²) in [6, 6.07) is 0. The Bertz CT molecular complexity index is 128. The van der Waals surface area contributed by atoms with Crippen LogP contribution in [-0.4, -0.2) is 24.5 Å². The van der Waals surface area contributed by atoms with E-state index in [2.05, 4.69) is 11.8 Å². The van der Waals surface area contributed by atoms with E-state index in [0.29, 0.717) is 0 Å². The van der Waals surface area contributed by atoms with Gasteiger partial charge in [-0.2, -0.15) is 0 Å². The third kappa shape index (κ3) is 1.73. The summed E-state index contributed by atoms with van der Waals surface area (Å²) in [6.45, 7) is 6.50. The first-order chi connectivity index (χ1) is 4.85. The molecule has 2 rings (SSSR count). The topological polar surface area (TPSA) is 3.24 Å². The quantitative estimate of drug-likeness (QED) is 0.609. The lowest BCUT2D eigenvalue weighted by atomic mass is 10.0. The van der Waals surface area contributed by atoms with Crippen molar-refractivity contribution in [2.75, 3.05) is 19.6 Å². The van der Waals surface area contributed by atoms with Gasteiger partial charge >= 0.3 is 0 Å². The molecule has 2 fully saturated rings. The number of likely N-dealkylation sites (tertiary alicyclic amines) is 1. The van der Waals surface area contributed by atoms with Gasteiger partial charge in [-0.25, -0.2) is 0 Å². The lowest BCUT2D eigenvalue weighted by Gasteiger charge is -2.34. The summed E-state index contributed by atoms with van der Waals surface area (Å²) < 4.78 is 0. The summed E-state index contributed by atoms with van der Waals surface area (Å²) in [6.07, 6.45) is 5.85. The Morgan fingerprint density at radius 1 is 1.27 bits per heavy atom. The zero-order valence-corrected chi connectivity index (χ0v) is 7.31. The number of rotatable bonds is 3. The van der Waals surface area contributed by atoms with Crippen molar-refractivity contribution in [2.45, 2.75) is 32.6 Å². The fraction of sp³-hybridized carbons (Fsp3) is 1.00. The zero-order valence-electron chi connectivity index (χ0n) is 7.31. The lowest BCUT2D eigenvalue weighted by Crippen LogP contribution is -2.40. The van der Waals surface area contributed by atoms with Crippen LogP contribution in [0.1, 0.15) is 32.6 Å². The fourth-order valence-electron chi connectivity index (χ4n) is 1.81. The van der Waals surface area contributed by atoms with Crippen LogP contribution in [0.4, 0.5) is 4.70 Å². The van der Waals surface area contributed by atoms with Crippen molar-refractivity contribution < 1.29 is 4.70 Å². The Hall–Kier alpha value is -0.110. The van der Waals surface area contributed by atoms with Gasteiger partial charge in [-0.3, -0.25) is 4.70 Å². The molecule has 1 aliphatic heterocycles. The first-order valence-corrected chi connectivity index (χ1v) is 4.57. The molecule has 1 saturated carbocycles. The average Bonchev–Trinajstić information content (AvgIpc) is 2.60. The van der Waals surface area contributed by atoms with Gasteiger partial charge in [0, 0.05) is 6.54 Å². The van der Waals surface area contributed by atoms with Crippen LogP contribution in [0, 0.1) is 5.41 Å². The van der Waals surface area contributed by atoms with Gasteiger partial charge in [-0.15, -0.1) is 0 Å². The maximum atomic E-state index is 2.61. The summed E-state index contributed by atoms with van der Waals surface area (Å²) in [4.78, 5) is 2.61. The molecule has 0 N–H and O–H groups in total. The minimum Gasteiger partial charge on any atom is -0.303 e. The van der Waals surface area contributed by atoms with Gasteiger partial charge in [0.2, 0.25) is 0 Å². The van der Waals surface area contributed by atoms with E-state index >= 15 is 0 Å². The van der Waals surface area contributed by atoms with E-state index < -0.39 is 0 Å². The molecule has 1 saturated heterocycles. The second-order valence-electron chi connectivity index (χ2n) is 3.98. The maximum Gasteiger partial charge on any atom is 0.00379 e. The monoisotopic (exact) mass is 159 g/mol. The highest BCUT2D eigenvalue weighted by molar-refractivity contribution is 4.95. The molecule has 1 heterocycles. The molecule has 2 aliphatic rings. The van der Waals surface area contributed by atoms with Gasteiger partial charge in [0.15, 0.2) is 0 Å². The molecule has 11 heavy (non-hydrogen) atoms. The summed E-state index contributed by atoms with van der Waals surface area (Å²) in [5, 5.41) is 0. The molecular formula is C9H18FN. The molecule has 0 radical (unpaired) electrons. The molecule has 66 valence electrons. The van der Waals surface area contributed by atoms with E-state index in [-0.39, 0.29) is 4.70 Å². The van der Waals surface area contributed by atoms with Crippen LogP contribution < -0.4 is 0 Å². The molecule has 0 atom stereocenters. The van der Waals surface area contributed by atoms with E-state index in [4.69, 9.17) is 0 Å². The number of hydrogen-bond donors (Lipinski definition) is 0. The molecule has 1 nitrogen and oxygen atoms in total. The van der Waals surface area contributed by atoms with Crippen LogP contribution in [0.2, 0.25) is 0 Å². The van der Waals surface area contributed by atoms with E-state index in [1.165, 1.54) is 45.3 Å². The van der Waals surface area contributed by atoms with E-state index in [1.807, 2.05) is 0 Å². The minimum atomic E-state index is 0. The lowest BCUT2D eigenvalue weighted by molar-refractivity contribution is 0.142. The van der Waals surface area contributed by atoms with E-state index in [9.17, 15) is 0 Å². The molecule has 0 spiro atoms. The van der Waals surface area contributed by atoms with Gasteiger partial charge in [-0.1, -0.05) is 6.92 Å². The van der Waals surface area contributed by atoms with Gasteiger partial charge < -0.3 is 4.90 Å². The zero-order chi connectivity index (χ0) is 7.03. The number of halogens is 1. The largest absolute Gasteiger partial charge is 0.303 e. The second kappa shape index (κ2) is 3.10. The highest BCUT2D eigenvalue weighted by Crippen LogP contribution is 2.49. The highest BCUT2D eigenvalue weighted by atomic mass is 19.0. The third-order valence-electron chi connectivity index (χ3n) is 3.21. The van der Waals surface area contributed by atoms with Gasteiger partial charge in [0.25, 0.3) is 0 Å². The molecule has 2 heteroatoms. The molecule has 0 aromatic carbocycles. The Morgan fingerprint density at radius 3 is 2.18 bits per heavy atom. The number of hydrogen-bond acceptors (Lipinski definition) is 1. The Kier molecular flexibility index (Phi) is 2.53. The van der Waals surface area contributed by atoms with Crippen molar-refractivity contribution in [3.63, 3.8) is 0 Å². The predicted octanol–water partition coefficient (Wildman–Crippen LogP) is 2.03. The molecule has 0 aromatic heterocycles. The van der Waals surface area contributed by atoms with Gasteiger partial charge in [-0.05, 0) is 44.2 Å². The van der Waals surface area contributed by atoms with Crippen molar-refractivity contribution in [2.24, 2.45) is 5.41 Å². The third-order valence-corrected chi connectivity index (χ3v) is 3.21. The van der Waals surface area contributed by atoms with Gasteiger partial charge in [0.05, 0.1) is 0 Å². The van der Waals surface area contributed by atoms with Crippen molar-refractivity contribution in [3.8, 4) is 0 Å². The summed E-state index contributed by atoms with van der Waals surface area (Å²) in [5.74, 6) is 0. The van der Waals surface area contributed by atoms with Crippen molar-refractivity contribution in [1.82, 2.24) is 4.90 Å². The van der Waals surface area contributed by atoms with Crippen LogP contribution in [0.25, 0.3) is 0 Å². The van der Waals surface area contributed by atoms with Crippen LogP contribution >= 0.6 is 0 Å². The predicted molar refractivity (Wildman–Crippen MR) is 45.5 cm³/mol. The Labute approximate surface area is 68.1 Å². The average molecular weight is 159 g/mol. The maximum absolute atomic E-state index is 2.61. The molecule has 0 aromatic rings. The Balaban J connectivity index is 0.000000605. The van der Waals surface area contributed by atoms with Crippen LogP contribution in [0.5, 0.6) is 0 Å². The molecule has 0 amide bonds. The van der Waals surface area contributed by atoms with Crippen molar-refractivity contribution in [3.05, 3.63) is 0 Å². The molecular weight excluding hydrogens is 141 g/mol. The molecule has 1 aliphatic carbocycles.